The third-order valence-corrected chi connectivity index (χ3v) is 2.54. The zero-order chi connectivity index (χ0) is 9.90. The molecule has 0 amide bonds. The lowest BCUT2D eigenvalue weighted by molar-refractivity contribution is 0.651. The molecule has 1 aliphatic carbocycles. The van der Waals surface area contributed by atoms with Gasteiger partial charge in [-0.15, -0.1) is 0 Å². The number of hydrogen-bond acceptors (Lipinski definition) is 0. The maximum absolute atomic E-state index is 2.33. The molecule has 0 saturated carbocycles. The van der Waals surface area contributed by atoms with E-state index in [4.69, 9.17) is 0 Å². The molecular formula is C14H22. The monoisotopic (exact) mass is 190 g/mol. The maximum atomic E-state index is 2.33. The molecule has 78 valence electrons. The lowest BCUT2D eigenvalue weighted by atomic mass is 10.1. The zero-order valence-corrected chi connectivity index (χ0v) is 9.12. The molecular weight excluding hydrogens is 168 g/mol. The summed E-state index contributed by atoms with van der Waals surface area (Å²) in [5.41, 5.74) is 0. The van der Waals surface area contributed by atoms with E-state index in [-0.39, 0.29) is 0 Å². The smallest absolute Gasteiger partial charge is 0.0169 e. The molecule has 0 unspecified atom stereocenters. The summed E-state index contributed by atoms with van der Waals surface area (Å²) < 4.78 is 0. The Labute approximate surface area is 88.4 Å². The van der Waals surface area contributed by atoms with Gasteiger partial charge in [0.15, 0.2) is 0 Å². The van der Waals surface area contributed by atoms with Crippen molar-refractivity contribution >= 4 is 0 Å². The SMILES string of the molecule is C1=CCC=CCCCCCCC=CC1. The fourth-order valence-electron chi connectivity index (χ4n) is 1.66. The fourth-order valence-corrected chi connectivity index (χ4v) is 1.66. The summed E-state index contributed by atoms with van der Waals surface area (Å²) in [5, 5.41) is 0. The molecule has 14 heavy (non-hydrogen) atoms. The molecule has 0 fully saturated rings. The molecule has 0 atom stereocenters. The van der Waals surface area contributed by atoms with E-state index in [1.54, 1.807) is 0 Å². The highest BCUT2D eigenvalue weighted by atomic mass is 13.9. The average molecular weight is 190 g/mol. The van der Waals surface area contributed by atoms with Crippen molar-refractivity contribution < 1.29 is 0 Å². The van der Waals surface area contributed by atoms with E-state index in [2.05, 4.69) is 36.5 Å². The maximum Gasteiger partial charge on any atom is -0.0169 e. The van der Waals surface area contributed by atoms with Crippen molar-refractivity contribution in [3.05, 3.63) is 36.5 Å². The fraction of sp³-hybridized carbons (Fsp3) is 0.571. The summed E-state index contributed by atoms with van der Waals surface area (Å²) in [5.74, 6) is 0. The van der Waals surface area contributed by atoms with Gasteiger partial charge in [0.1, 0.15) is 0 Å². The Kier molecular flexibility index (Phi) is 7.10. The molecule has 0 nitrogen and oxygen atoms in total. The number of allylic oxidation sites excluding steroid dienone is 6. The quantitative estimate of drug-likeness (QED) is 0.482. The topological polar surface area (TPSA) is 0 Å². The molecule has 0 aromatic heterocycles. The lowest BCUT2D eigenvalue weighted by Gasteiger charge is -1.97. The van der Waals surface area contributed by atoms with Crippen LogP contribution in [0.15, 0.2) is 36.5 Å². The van der Waals surface area contributed by atoms with Crippen LogP contribution in [0.25, 0.3) is 0 Å². The van der Waals surface area contributed by atoms with Crippen molar-refractivity contribution in [2.45, 2.75) is 51.4 Å². The van der Waals surface area contributed by atoms with E-state index < -0.39 is 0 Å². The summed E-state index contributed by atoms with van der Waals surface area (Å²) in [4.78, 5) is 0. The highest BCUT2D eigenvalue weighted by Gasteiger charge is 1.87. The van der Waals surface area contributed by atoms with E-state index >= 15 is 0 Å². The van der Waals surface area contributed by atoms with Crippen molar-refractivity contribution in [1.82, 2.24) is 0 Å². The van der Waals surface area contributed by atoms with Gasteiger partial charge < -0.3 is 0 Å². The number of rotatable bonds is 0. The van der Waals surface area contributed by atoms with Gasteiger partial charge in [-0.1, -0.05) is 49.3 Å². The Balaban J connectivity index is 2.26. The third-order valence-electron chi connectivity index (χ3n) is 2.54. The molecule has 0 bridgehead atoms. The first-order valence-corrected chi connectivity index (χ1v) is 5.95. The molecule has 1 rings (SSSR count). The second-order valence-electron chi connectivity index (χ2n) is 3.88. The minimum Gasteiger partial charge on any atom is -0.0882 e. The Hall–Kier alpha value is -0.780. The molecule has 0 spiro atoms. The molecule has 0 radical (unpaired) electrons. The van der Waals surface area contributed by atoms with Gasteiger partial charge in [0.25, 0.3) is 0 Å². The van der Waals surface area contributed by atoms with E-state index in [9.17, 15) is 0 Å². The van der Waals surface area contributed by atoms with Crippen LogP contribution in [0.3, 0.4) is 0 Å². The van der Waals surface area contributed by atoms with Gasteiger partial charge in [0.2, 0.25) is 0 Å². The molecule has 0 heterocycles. The largest absolute Gasteiger partial charge is 0.0882 e. The van der Waals surface area contributed by atoms with Crippen molar-refractivity contribution in [2.75, 3.05) is 0 Å². The highest BCUT2D eigenvalue weighted by Crippen LogP contribution is 2.07. The summed E-state index contributed by atoms with van der Waals surface area (Å²) in [6, 6.07) is 0. The van der Waals surface area contributed by atoms with Gasteiger partial charge in [-0.25, -0.2) is 0 Å². The molecule has 0 aliphatic heterocycles. The van der Waals surface area contributed by atoms with E-state index in [1.165, 1.54) is 38.5 Å². The third kappa shape index (κ3) is 6.71. The van der Waals surface area contributed by atoms with Crippen molar-refractivity contribution in [3.8, 4) is 0 Å². The Morgan fingerprint density at radius 1 is 0.429 bits per heavy atom. The van der Waals surface area contributed by atoms with Crippen LogP contribution in [-0.4, -0.2) is 0 Å². The van der Waals surface area contributed by atoms with Crippen LogP contribution in [0.5, 0.6) is 0 Å². The summed E-state index contributed by atoms with van der Waals surface area (Å²) >= 11 is 0. The van der Waals surface area contributed by atoms with Crippen LogP contribution in [0.4, 0.5) is 0 Å². The molecule has 0 heteroatoms. The number of hydrogen-bond donors (Lipinski definition) is 0. The van der Waals surface area contributed by atoms with Crippen molar-refractivity contribution in [1.29, 1.82) is 0 Å². The van der Waals surface area contributed by atoms with Gasteiger partial charge in [-0.05, 0) is 38.5 Å². The van der Waals surface area contributed by atoms with Gasteiger partial charge >= 0.3 is 0 Å². The minimum atomic E-state index is 1.10. The van der Waals surface area contributed by atoms with Gasteiger partial charge in [0.05, 0.1) is 0 Å². The molecule has 0 aromatic rings. The van der Waals surface area contributed by atoms with Crippen LogP contribution in [0, 0.1) is 0 Å². The second-order valence-corrected chi connectivity index (χ2v) is 3.88. The van der Waals surface area contributed by atoms with Gasteiger partial charge in [-0.3, -0.25) is 0 Å². The van der Waals surface area contributed by atoms with Crippen molar-refractivity contribution in [2.24, 2.45) is 0 Å². The molecule has 1 aliphatic rings. The van der Waals surface area contributed by atoms with Crippen LogP contribution >= 0.6 is 0 Å². The first kappa shape index (κ1) is 11.3. The normalized spacial score (nSPS) is 20.6. The predicted molar refractivity (Wildman–Crippen MR) is 64.4 cm³/mol. The average Bonchev–Trinajstić information content (AvgIpc) is 2.22. The zero-order valence-electron chi connectivity index (χ0n) is 9.12. The van der Waals surface area contributed by atoms with Crippen molar-refractivity contribution in [3.63, 3.8) is 0 Å². The summed E-state index contributed by atoms with van der Waals surface area (Å²) in [6.07, 6.45) is 24.0. The summed E-state index contributed by atoms with van der Waals surface area (Å²) in [6.45, 7) is 0. The highest BCUT2D eigenvalue weighted by molar-refractivity contribution is 4.97. The van der Waals surface area contributed by atoms with E-state index in [0.29, 0.717) is 0 Å². The molecule has 0 aromatic carbocycles. The Morgan fingerprint density at radius 3 is 1.36 bits per heavy atom. The van der Waals surface area contributed by atoms with Crippen LogP contribution in [-0.2, 0) is 0 Å². The van der Waals surface area contributed by atoms with Crippen LogP contribution in [0.1, 0.15) is 51.4 Å². The van der Waals surface area contributed by atoms with Crippen LogP contribution in [0.2, 0.25) is 0 Å². The Bertz CT molecular complexity index is 174. The van der Waals surface area contributed by atoms with E-state index in [1.807, 2.05) is 0 Å². The molecule has 0 saturated heterocycles. The minimum absolute atomic E-state index is 1.10. The Morgan fingerprint density at radius 2 is 0.857 bits per heavy atom. The van der Waals surface area contributed by atoms with Crippen LogP contribution < -0.4 is 0 Å². The first-order chi connectivity index (χ1) is 7.00. The molecule has 0 N–H and O–H groups in total. The standard InChI is InChI=1S/C14H22/c1-2-4-6-8-10-12-14-13-11-9-7-5-3-1/h1-2,5-8H,3-4,9-14H2. The predicted octanol–water partition coefficient (Wildman–Crippen LogP) is 4.79. The summed E-state index contributed by atoms with van der Waals surface area (Å²) in [7, 11) is 0. The second kappa shape index (κ2) is 8.80. The van der Waals surface area contributed by atoms with Gasteiger partial charge in [0, 0.05) is 0 Å². The lowest BCUT2D eigenvalue weighted by Crippen LogP contribution is -1.77. The van der Waals surface area contributed by atoms with Gasteiger partial charge in [-0.2, -0.15) is 0 Å². The van der Waals surface area contributed by atoms with E-state index in [0.717, 1.165) is 12.8 Å². The first-order valence-electron chi connectivity index (χ1n) is 5.95.